The number of benzene rings is 3. The van der Waals surface area contributed by atoms with Crippen molar-refractivity contribution in [2.75, 3.05) is 24.5 Å². The zero-order valence-electron chi connectivity index (χ0n) is 17.5. The van der Waals surface area contributed by atoms with Crippen molar-refractivity contribution in [2.24, 2.45) is 5.73 Å². The summed E-state index contributed by atoms with van der Waals surface area (Å²) in [5.74, 6) is -0.133. The SMILES string of the molecule is NCCC(=O)N1CC(=O)N(c2ccccc2-c2ccccc2)CC1Cc1ccccc1. The van der Waals surface area contributed by atoms with E-state index in [-0.39, 0.29) is 37.4 Å². The van der Waals surface area contributed by atoms with Crippen LogP contribution >= 0.6 is 0 Å². The first-order valence-corrected chi connectivity index (χ1v) is 10.7. The molecule has 5 heteroatoms. The van der Waals surface area contributed by atoms with Crippen LogP contribution in [0.25, 0.3) is 11.1 Å². The monoisotopic (exact) mass is 413 g/mol. The van der Waals surface area contributed by atoms with Gasteiger partial charge in [-0.15, -0.1) is 0 Å². The lowest BCUT2D eigenvalue weighted by molar-refractivity contribution is -0.139. The maximum atomic E-state index is 13.2. The fourth-order valence-corrected chi connectivity index (χ4v) is 4.19. The van der Waals surface area contributed by atoms with Gasteiger partial charge in [-0.3, -0.25) is 9.59 Å². The normalized spacial score (nSPS) is 16.4. The molecule has 0 saturated carbocycles. The standard InChI is InChI=1S/C26H27N3O2/c27-16-15-25(30)28-19-26(31)29(18-22(28)17-20-9-3-1-4-10-20)24-14-8-7-13-23(24)21-11-5-2-6-12-21/h1-14,22H,15-19,27H2. The molecule has 1 atom stereocenters. The van der Waals surface area contributed by atoms with E-state index in [2.05, 4.69) is 12.1 Å². The highest BCUT2D eigenvalue weighted by Gasteiger charge is 2.36. The van der Waals surface area contributed by atoms with E-state index in [1.807, 2.05) is 77.7 Å². The number of hydrogen-bond acceptors (Lipinski definition) is 3. The number of anilines is 1. The van der Waals surface area contributed by atoms with Gasteiger partial charge in [0.2, 0.25) is 11.8 Å². The van der Waals surface area contributed by atoms with Gasteiger partial charge in [0.15, 0.2) is 0 Å². The Kier molecular flexibility index (Phi) is 6.43. The van der Waals surface area contributed by atoms with Crippen LogP contribution in [0.2, 0.25) is 0 Å². The maximum absolute atomic E-state index is 13.2. The lowest BCUT2D eigenvalue weighted by Gasteiger charge is -2.41. The average Bonchev–Trinajstić information content (AvgIpc) is 2.81. The number of nitrogens with zero attached hydrogens (tertiary/aromatic N) is 2. The summed E-state index contributed by atoms with van der Waals surface area (Å²) in [6.45, 7) is 0.801. The van der Waals surface area contributed by atoms with Crippen molar-refractivity contribution in [1.82, 2.24) is 4.90 Å². The van der Waals surface area contributed by atoms with E-state index in [1.165, 1.54) is 0 Å². The molecule has 1 aliphatic heterocycles. The van der Waals surface area contributed by atoms with E-state index < -0.39 is 0 Å². The first kappa shape index (κ1) is 20.8. The van der Waals surface area contributed by atoms with Gasteiger partial charge < -0.3 is 15.5 Å². The predicted molar refractivity (Wildman–Crippen MR) is 124 cm³/mol. The fourth-order valence-electron chi connectivity index (χ4n) is 4.19. The summed E-state index contributed by atoms with van der Waals surface area (Å²) in [4.78, 5) is 29.5. The van der Waals surface area contributed by atoms with Gasteiger partial charge in [-0.2, -0.15) is 0 Å². The van der Waals surface area contributed by atoms with Gasteiger partial charge in [-0.05, 0) is 23.6 Å². The molecule has 4 rings (SSSR count). The van der Waals surface area contributed by atoms with Crippen LogP contribution in [0, 0.1) is 0 Å². The van der Waals surface area contributed by atoms with Crippen molar-refractivity contribution in [3.63, 3.8) is 0 Å². The van der Waals surface area contributed by atoms with Gasteiger partial charge >= 0.3 is 0 Å². The second kappa shape index (κ2) is 9.58. The number of carbonyl (C=O) groups is 2. The van der Waals surface area contributed by atoms with Crippen LogP contribution in [-0.2, 0) is 16.0 Å². The summed E-state index contributed by atoms with van der Waals surface area (Å²) in [6.07, 6.45) is 0.938. The van der Waals surface area contributed by atoms with E-state index in [0.717, 1.165) is 22.4 Å². The fraction of sp³-hybridized carbons (Fsp3) is 0.231. The molecule has 2 N–H and O–H groups in total. The molecule has 1 saturated heterocycles. The zero-order valence-corrected chi connectivity index (χ0v) is 17.5. The Bertz CT molecular complexity index is 1040. The second-order valence-corrected chi connectivity index (χ2v) is 7.79. The van der Waals surface area contributed by atoms with E-state index in [0.29, 0.717) is 13.0 Å². The lowest BCUT2D eigenvalue weighted by atomic mass is 9.98. The number of nitrogens with two attached hydrogens (primary N) is 1. The highest BCUT2D eigenvalue weighted by molar-refractivity contribution is 6.01. The molecule has 1 unspecified atom stereocenters. The third-order valence-corrected chi connectivity index (χ3v) is 5.71. The van der Waals surface area contributed by atoms with Gasteiger partial charge in [-0.25, -0.2) is 0 Å². The van der Waals surface area contributed by atoms with Crippen LogP contribution in [0.15, 0.2) is 84.9 Å². The Hall–Kier alpha value is -3.44. The Balaban J connectivity index is 1.67. The van der Waals surface area contributed by atoms with Crippen molar-refractivity contribution < 1.29 is 9.59 Å². The van der Waals surface area contributed by atoms with Gasteiger partial charge in [0.1, 0.15) is 6.54 Å². The molecule has 31 heavy (non-hydrogen) atoms. The first-order chi connectivity index (χ1) is 15.2. The number of amides is 2. The average molecular weight is 414 g/mol. The molecule has 1 heterocycles. The van der Waals surface area contributed by atoms with Crippen molar-refractivity contribution in [1.29, 1.82) is 0 Å². The quantitative estimate of drug-likeness (QED) is 0.673. The van der Waals surface area contributed by atoms with E-state index >= 15 is 0 Å². The zero-order chi connectivity index (χ0) is 21.6. The molecule has 5 nitrogen and oxygen atoms in total. The van der Waals surface area contributed by atoms with Gasteiger partial charge in [0, 0.05) is 25.1 Å². The Morgan fingerprint density at radius 3 is 2.26 bits per heavy atom. The van der Waals surface area contributed by atoms with Crippen LogP contribution in [0.4, 0.5) is 5.69 Å². The Labute approximate surface area is 183 Å². The maximum Gasteiger partial charge on any atom is 0.246 e. The smallest absolute Gasteiger partial charge is 0.246 e. The van der Waals surface area contributed by atoms with E-state index in [1.54, 1.807) is 4.90 Å². The molecule has 158 valence electrons. The number of carbonyl (C=O) groups excluding carboxylic acids is 2. The largest absolute Gasteiger partial charge is 0.330 e. The summed E-state index contributed by atoms with van der Waals surface area (Å²) >= 11 is 0. The summed E-state index contributed by atoms with van der Waals surface area (Å²) in [6, 6.07) is 28.0. The molecule has 0 aliphatic carbocycles. The first-order valence-electron chi connectivity index (χ1n) is 10.7. The van der Waals surface area contributed by atoms with Crippen molar-refractivity contribution >= 4 is 17.5 Å². The minimum atomic E-state index is -0.108. The number of piperazine rings is 1. The number of para-hydroxylation sites is 1. The van der Waals surface area contributed by atoms with Crippen LogP contribution in [0.5, 0.6) is 0 Å². The van der Waals surface area contributed by atoms with E-state index in [9.17, 15) is 9.59 Å². The van der Waals surface area contributed by atoms with Gasteiger partial charge in [-0.1, -0.05) is 78.9 Å². The minimum Gasteiger partial charge on any atom is -0.330 e. The molecule has 0 bridgehead atoms. The third kappa shape index (κ3) is 4.67. The summed E-state index contributed by atoms with van der Waals surface area (Å²) in [5, 5.41) is 0. The van der Waals surface area contributed by atoms with Crippen molar-refractivity contribution in [3.8, 4) is 11.1 Å². The molecule has 2 amide bonds. The molecule has 3 aromatic carbocycles. The topological polar surface area (TPSA) is 66.6 Å². The lowest BCUT2D eigenvalue weighted by Crippen LogP contribution is -2.59. The van der Waals surface area contributed by atoms with Crippen LogP contribution in [0.3, 0.4) is 0 Å². The van der Waals surface area contributed by atoms with Crippen LogP contribution < -0.4 is 10.6 Å². The summed E-state index contributed by atoms with van der Waals surface area (Å²) < 4.78 is 0. The molecule has 1 fully saturated rings. The van der Waals surface area contributed by atoms with Crippen LogP contribution in [0.1, 0.15) is 12.0 Å². The molecule has 0 spiro atoms. The Morgan fingerprint density at radius 1 is 0.903 bits per heavy atom. The molecule has 0 radical (unpaired) electrons. The second-order valence-electron chi connectivity index (χ2n) is 7.79. The minimum absolute atomic E-state index is 0.0622. The van der Waals surface area contributed by atoms with E-state index in [4.69, 9.17) is 5.73 Å². The third-order valence-electron chi connectivity index (χ3n) is 5.71. The molecular formula is C26H27N3O2. The summed E-state index contributed by atoms with van der Waals surface area (Å²) in [7, 11) is 0. The van der Waals surface area contributed by atoms with Crippen molar-refractivity contribution in [2.45, 2.75) is 18.9 Å². The molecular weight excluding hydrogens is 386 g/mol. The highest BCUT2D eigenvalue weighted by Crippen LogP contribution is 2.33. The number of rotatable bonds is 6. The predicted octanol–water partition coefficient (Wildman–Crippen LogP) is 3.49. The molecule has 1 aliphatic rings. The molecule has 3 aromatic rings. The van der Waals surface area contributed by atoms with Crippen LogP contribution in [-0.4, -0.2) is 42.4 Å². The number of hydrogen-bond donors (Lipinski definition) is 1. The highest BCUT2D eigenvalue weighted by atomic mass is 16.2. The summed E-state index contributed by atoms with van der Waals surface area (Å²) in [5.41, 5.74) is 9.72. The van der Waals surface area contributed by atoms with Gasteiger partial charge in [0.25, 0.3) is 0 Å². The van der Waals surface area contributed by atoms with Gasteiger partial charge in [0.05, 0.1) is 11.7 Å². The van der Waals surface area contributed by atoms with Crippen molar-refractivity contribution in [3.05, 3.63) is 90.5 Å². The Morgan fingerprint density at radius 2 is 1.55 bits per heavy atom. The molecule has 0 aromatic heterocycles.